The predicted molar refractivity (Wildman–Crippen MR) is 32.7 cm³/mol. The molecule has 1 saturated carbocycles. The minimum absolute atomic E-state index is 0.123. The van der Waals surface area contributed by atoms with Gasteiger partial charge in [0.15, 0.2) is 0 Å². The fourth-order valence-corrected chi connectivity index (χ4v) is 1.51. The van der Waals surface area contributed by atoms with Gasteiger partial charge >= 0.3 is 0 Å². The second-order valence-electron chi connectivity index (χ2n) is 2.08. The van der Waals surface area contributed by atoms with Gasteiger partial charge in [0.2, 0.25) is 6.04 Å². The first kappa shape index (κ1) is 6.01. The topological polar surface area (TPSA) is 43.1 Å². The van der Waals surface area contributed by atoms with E-state index in [1.807, 2.05) is 6.92 Å². The Balaban J connectivity index is 2.44. The zero-order valence-electron chi connectivity index (χ0n) is 4.37. The lowest BCUT2D eigenvalue weighted by Gasteiger charge is -1.81. The van der Waals surface area contributed by atoms with Crippen molar-refractivity contribution in [3.63, 3.8) is 0 Å². The van der Waals surface area contributed by atoms with E-state index in [0.29, 0.717) is 0 Å². The van der Waals surface area contributed by atoms with Gasteiger partial charge < -0.3 is 0 Å². The SMILES string of the molecule is C[C@@H]1[C@@H](Br)[C@@H]1[N+](=O)[O-]. The normalized spacial score (nSPS) is 44.0. The third-order valence-electron chi connectivity index (χ3n) is 1.47. The van der Waals surface area contributed by atoms with Crippen LogP contribution in [0.3, 0.4) is 0 Å². The van der Waals surface area contributed by atoms with Crippen LogP contribution in [-0.4, -0.2) is 15.8 Å². The van der Waals surface area contributed by atoms with E-state index in [1.54, 1.807) is 0 Å². The molecular weight excluding hydrogens is 174 g/mol. The highest BCUT2D eigenvalue weighted by Crippen LogP contribution is 2.39. The molecule has 0 aromatic carbocycles. The molecular formula is C4H6BrNO2. The van der Waals surface area contributed by atoms with Gasteiger partial charge in [-0.2, -0.15) is 0 Å². The Bertz CT molecular complexity index is 119. The number of nitro groups is 1. The van der Waals surface area contributed by atoms with Crippen molar-refractivity contribution in [3.05, 3.63) is 10.1 Å². The molecule has 1 aliphatic carbocycles. The average molecular weight is 180 g/mol. The molecule has 8 heavy (non-hydrogen) atoms. The number of rotatable bonds is 1. The molecule has 0 saturated heterocycles. The third-order valence-corrected chi connectivity index (χ3v) is 2.85. The first-order chi connectivity index (χ1) is 3.64. The lowest BCUT2D eigenvalue weighted by molar-refractivity contribution is -0.497. The minimum Gasteiger partial charge on any atom is -0.264 e. The Morgan fingerprint density at radius 1 is 1.75 bits per heavy atom. The lowest BCUT2D eigenvalue weighted by atomic mass is 10.5. The van der Waals surface area contributed by atoms with Crippen LogP contribution >= 0.6 is 15.9 Å². The largest absolute Gasteiger partial charge is 0.264 e. The van der Waals surface area contributed by atoms with Gasteiger partial charge in [0.25, 0.3) is 0 Å². The summed E-state index contributed by atoms with van der Waals surface area (Å²) in [4.78, 5) is 9.85. The molecule has 0 spiro atoms. The minimum atomic E-state index is -0.324. The maximum atomic E-state index is 9.96. The van der Waals surface area contributed by atoms with Crippen LogP contribution in [0.15, 0.2) is 0 Å². The van der Waals surface area contributed by atoms with Crippen LogP contribution in [0.25, 0.3) is 0 Å². The molecule has 0 amide bonds. The zero-order valence-corrected chi connectivity index (χ0v) is 5.96. The molecule has 0 heterocycles. The first-order valence-corrected chi connectivity index (χ1v) is 3.33. The zero-order chi connectivity index (χ0) is 6.31. The van der Waals surface area contributed by atoms with Crippen molar-refractivity contribution < 1.29 is 4.92 Å². The van der Waals surface area contributed by atoms with Gasteiger partial charge in [-0.3, -0.25) is 10.1 Å². The van der Waals surface area contributed by atoms with Crippen LogP contribution in [0, 0.1) is 16.0 Å². The van der Waals surface area contributed by atoms with Crippen LogP contribution in [0.2, 0.25) is 0 Å². The molecule has 1 fully saturated rings. The Kier molecular flexibility index (Phi) is 1.27. The molecule has 1 rings (SSSR count). The number of hydrogen-bond acceptors (Lipinski definition) is 2. The highest BCUT2D eigenvalue weighted by atomic mass is 79.9. The van der Waals surface area contributed by atoms with Crippen molar-refractivity contribution in [3.8, 4) is 0 Å². The van der Waals surface area contributed by atoms with E-state index in [4.69, 9.17) is 0 Å². The summed E-state index contributed by atoms with van der Waals surface area (Å²) in [6, 6.07) is -0.324. The summed E-state index contributed by atoms with van der Waals surface area (Å²) in [5.41, 5.74) is 0. The molecule has 3 nitrogen and oxygen atoms in total. The maximum Gasteiger partial charge on any atom is 0.229 e. The first-order valence-electron chi connectivity index (χ1n) is 2.42. The predicted octanol–water partition coefficient (Wildman–Crippen LogP) is 1.04. The van der Waals surface area contributed by atoms with Crippen molar-refractivity contribution in [2.75, 3.05) is 0 Å². The molecule has 0 aromatic heterocycles. The van der Waals surface area contributed by atoms with Gasteiger partial charge in [-0.25, -0.2) is 0 Å². The number of halogens is 1. The average Bonchev–Trinajstić information content (AvgIpc) is 2.15. The van der Waals surface area contributed by atoms with Crippen LogP contribution in [-0.2, 0) is 0 Å². The van der Waals surface area contributed by atoms with Crippen LogP contribution < -0.4 is 0 Å². The quantitative estimate of drug-likeness (QED) is 0.343. The van der Waals surface area contributed by atoms with E-state index < -0.39 is 0 Å². The highest BCUT2D eigenvalue weighted by molar-refractivity contribution is 9.09. The lowest BCUT2D eigenvalue weighted by Crippen LogP contribution is -2.03. The maximum absolute atomic E-state index is 9.96. The van der Waals surface area contributed by atoms with Crippen LogP contribution in [0.4, 0.5) is 0 Å². The van der Waals surface area contributed by atoms with E-state index in [0.717, 1.165) is 0 Å². The molecule has 1 aliphatic rings. The second kappa shape index (κ2) is 1.69. The van der Waals surface area contributed by atoms with Crippen LogP contribution in [0.5, 0.6) is 0 Å². The number of alkyl halides is 1. The van der Waals surface area contributed by atoms with Gasteiger partial charge in [-0.1, -0.05) is 22.9 Å². The number of nitrogens with zero attached hydrogens (tertiary/aromatic N) is 1. The van der Waals surface area contributed by atoms with Crippen molar-refractivity contribution >= 4 is 15.9 Å². The highest BCUT2D eigenvalue weighted by Gasteiger charge is 2.55. The van der Waals surface area contributed by atoms with Gasteiger partial charge in [0, 0.05) is 10.8 Å². The molecule has 0 bridgehead atoms. The second-order valence-corrected chi connectivity index (χ2v) is 3.14. The summed E-state index contributed by atoms with van der Waals surface area (Å²) in [5, 5.41) is 9.96. The van der Waals surface area contributed by atoms with E-state index in [-0.39, 0.29) is 21.7 Å². The van der Waals surface area contributed by atoms with E-state index >= 15 is 0 Å². The van der Waals surface area contributed by atoms with Crippen molar-refractivity contribution in [1.29, 1.82) is 0 Å². The van der Waals surface area contributed by atoms with Gasteiger partial charge in [0.1, 0.15) is 0 Å². The summed E-state index contributed by atoms with van der Waals surface area (Å²) < 4.78 is 0. The van der Waals surface area contributed by atoms with Crippen molar-refractivity contribution in [2.24, 2.45) is 5.92 Å². The summed E-state index contributed by atoms with van der Waals surface area (Å²) >= 11 is 3.17. The molecule has 0 unspecified atom stereocenters. The molecule has 46 valence electrons. The summed E-state index contributed by atoms with van der Waals surface area (Å²) in [6.45, 7) is 1.87. The molecule has 0 N–H and O–H groups in total. The molecule has 3 atom stereocenters. The molecule has 0 aromatic rings. The molecule has 0 aliphatic heterocycles. The Morgan fingerprint density at radius 3 is 2.12 bits per heavy atom. The fraction of sp³-hybridized carbons (Fsp3) is 1.00. The summed E-state index contributed by atoms with van der Waals surface area (Å²) in [5.74, 6) is 0.227. The molecule has 4 heteroatoms. The third kappa shape index (κ3) is 0.727. The Morgan fingerprint density at radius 2 is 2.12 bits per heavy atom. The fourth-order valence-electron chi connectivity index (χ4n) is 0.702. The molecule has 0 radical (unpaired) electrons. The van der Waals surface area contributed by atoms with Crippen molar-refractivity contribution in [1.82, 2.24) is 0 Å². The Labute approximate surface area is 55.3 Å². The smallest absolute Gasteiger partial charge is 0.229 e. The summed E-state index contributed by atoms with van der Waals surface area (Å²) in [6.07, 6.45) is 0. The van der Waals surface area contributed by atoms with E-state index in [9.17, 15) is 10.1 Å². The monoisotopic (exact) mass is 179 g/mol. The van der Waals surface area contributed by atoms with Crippen molar-refractivity contribution in [2.45, 2.75) is 17.8 Å². The van der Waals surface area contributed by atoms with Gasteiger partial charge in [-0.15, -0.1) is 0 Å². The Hall–Kier alpha value is -0.120. The van der Waals surface area contributed by atoms with Crippen LogP contribution in [0.1, 0.15) is 6.92 Å². The summed E-state index contributed by atoms with van der Waals surface area (Å²) in [7, 11) is 0. The van der Waals surface area contributed by atoms with Gasteiger partial charge in [0.05, 0.1) is 4.83 Å². The number of hydrogen-bond donors (Lipinski definition) is 0. The van der Waals surface area contributed by atoms with E-state index in [1.165, 1.54) is 0 Å². The van der Waals surface area contributed by atoms with Gasteiger partial charge in [-0.05, 0) is 0 Å². The van der Waals surface area contributed by atoms with E-state index in [2.05, 4.69) is 15.9 Å². The standard InChI is InChI=1S/C4H6BrNO2/c1-2-3(5)4(2)6(7)8/h2-4H,1H3/t2-,3-,4-/m1/s1.